The van der Waals surface area contributed by atoms with Crippen LogP contribution >= 0.6 is 0 Å². The quantitative estimate of drug-likeness (QED) is 0.143. The molecule has 3 aliphatic rings. The molecule has 0 spiro atoms. The monoisotopic (exact) mass is 631 g/mol. The lowest BCUT2D eigenvalue weighted by molar-refractivity contribution is -0.122. The second-order valence-electron chi connectivity index (χ2n) is 12.2. The number of benzene rings is 3. The maximum absolute atomic E-state index is 14.1. The van der Waals surface area contributed by atoms with Crippen LogP contribution in [0.15, 0.2) is 108 Å². The van der Waals surface area contributed by atoms with Crippen molar-refractivity contribution in [3.05, 3.63) is 125 Å². The van der Waals surface area contributed by atoms with Crippen molar-refractivity contribution in [1.29, 1.82) is 0 Å². The maximum atomic E-state index is 14.1. The van der Waals surface area contributed by atoms with Gasteiger partial charge in [0.15, 0.2) is 11.6 Å². The van der Waals surface area contributed by atoms with Gasteiger partial charge in [0.25, 0.3) is 0 Å². The first-order valence-electron chi connectivity index (χ1n) is 15.8. The molecule has 1 aliphatic carbocycles. The number of ether oxygens (including phenoxy) is 1. The number of hydrogen-bond donors (Lipinski definition) is 3. The zero-order chi connectivity index (χ0) is 32.5. The van der Waals surface area contributed by atoms with Crippen LogP contribution in [-0.4, -0.2) is 46.3 Å². The minimum Gasteiger partial charge on any atom is -0.505 e. The molecule has 47 heavy (non-hydrogen) atoms. The van der Waals surface area contributed by atoms with Crippen molar-refractivity contribution in [3.8, 4) is 5.75 Å². The minimum atomic E-state index is -0.708. The number of carbonyl (C=O) groups is 2. The van der Waals surface area contributed by atoms with E-state index < -0.39 is 23.4 Å². The van der Waals surface area contributed by atoms with E-state index in [2.05, 4.69) is 10.3 Å². The van der Waals surface area contributed by atoms with Gasteiger partial charge in [-0.05, 0) is 108 Å². The number of fused-ring (bicyclic) bond motifs is 3. The molecule has 0 unspecified atom stereocenters. The number of halogens is 1. The Bertz CT molecular complexity index is 1860. The molecule has 4 atom stereocenters. The number of anilines is 3. The third-order valence-electron chi connectivity index (χ3n) is 9.37. The molecular formula is C38H34FN3O5. The van der Waals surface area contributed by atoms with Crippen LogP contribution in [-0.2, 0) is 14.3 Å². The zero-order valence-corrected chi connectivity index (χ0v) is 25.6. The highest BCUT2D eigenvalue weighted by molar-refractivity contribution is 6.22. The number of hydrogen-bond acceptors (Lipinski definition) is 7. The minimum absolute atomic E-state index is 0.216. The number of carbonyl (C=O) groups excluding carboxylic acids is 2. The first-order chi connectivity index (χ1) is 22.9. The Balaban J connectivity index is 1.11. The molecule has 7 rings (SSSR count). The lowest BCUT2D eigenvalue weighted by atomic mass is 9.69. The van der Waals surface area contributed by atoms with Gasteiger partial charge in [-0.1, -0.05) is 30.3 Å². The van der Waals surface area contributed by atoms with Crippen LogP contribution in [0.2, 0.25) is 0 Å². The zero-order valence-electron chi connectivity index (χ0n) is 25.6. The standard InChI is InChI=1S/C38H34FN3O5/c39-31-19-23(9-15-33(31)44)18-24(32-8-4-5-17-40-32)10-16-34-35-25(21-43)20-29-36(30(35)22-47-34)38(46)42(37(29)45)28-13-11-27(12-14-28)41-26-6-2-1-3-7-26/h1-9,11-15,17-19,29-30,34,36,41,43-44H,10,16,20-22H2/b24-18-/t29-,30+,34-,36-/m1/s1. The Kier molecular flexibility index (Phi) is 8.41. The average Bonchev–Trinajstić information content (AvgIpc) is 3.63. The number of amides is 2. The fraction of sp³-hybridized carbons (Fsp3) is 0.237. The van der Waals surface area contributed by atoms with Crippen LogP contribution in [0.25, 0.3) is 11.6 Å². The predicted octanol–water partition coefficient (Wildman–Crippen LogP) is 6.50. The SMILES string of the molecule is O=C1[C@@H]2[C@@H](CC(CO)=C3[C@@H](CC/C(=C/c4ccc(O)c(F)c4)c4ccccn4)OC[C@@H]32)C(=O)N1c1ccc(Nc2ccccc2)cc1. The van der Waals surface area contributed by atoms with Crippen LogP contribution in [0, 0.1) is 23.6 Å². The average molecular weight is 632 g/mol. The summed E-state index contributed by atoms with van der Waals surface area (Å²) in [5.41, 5.74) is 6.13. The Morgan fingerprint density at radius 2 is 1.72 bits per heavy atom. The summed E-state index contributed by atoms with van der Waals surface area (Å²) in [7, 11) is 0. The number of para-hydroxylation sites is 1. The molecule has 3 N–H and O–H groups in total. The van der Waals surface area contributed by atoms with Gasteiger partial charge in [-0.2, -0.15) is 0 Å². The second-order valence-corrected chi connectivity index (χ2v) is 12.2. The van der Waals surface area contributed by atoms with E-state index in [0.717, 1.165) is 33.8 Å². The number of aromatic nitrogens is 1. The summed E-state index contributed by atoms with van der Waals surface area (Å²) in [6, 6.07) is 26.8. The van der Waals surface area contributed by atoms with E-state index in [9.17, 15) is 24.2 Å². The van der Waals surface area contributed by atoms with Crippen molar-refractivity contribution in [1.82, 2.24) is 4.98 Å². The molecule has 2 saturated heterocycles. The van der Waals surface area contributed by atoms with Gasteiger partial charge in [0.05, 0.1) is 42.5 Å². The van der Waals surface area contributed by atoms with E-state index in [1.807, 2.05) is 66.7 Å². The number of phenolic OH excluding ortho intramolecular Hbond substituents is 1. The first-order valence-corrected chi connectivity index (χ1v) is 15.8. The lowest BCUT2D eigenvalue weighted by Gasteiger charge is -2.31. The molecule has 8 nitrogen and oxygen atoms in total. The number of pyridine rings is 1. The summed E-state index contributed by atoms with van der Waals surface area (Å²) in [5.74, 6) is -3.05. The summed E-state index contributed by atoms with van der Waals surface area (Å²) in [6.45, 7) is 0.0647. The Morgan fingerprint density at radius 1 is 0.957 bits per heavy atom. The maximum Gasteiger partial charge on any atom is 0.238 e. The van der Waals surface area contributed by atoms with Crippen LogP contribution in [0.4, 0.5) is 21.5 Å². The number of imide groups is 1. The van der Waals surface area contributed by atoms with Crippen molar-refractivity contribution >= 4 is 40.5 Å². The Hall–Kier alpha value is -5.12. The molecule has 0 radical (unpaired) electrons. The smallest absolute Gasteiger partial charge is 0.238 e. The summed E-state index contributed by atoms with van der Waals surface area (Å²) >= 11 is 0. The van der Waals surface area contributed by atoms with Gasteiger partial charge in [-0.25, -0.2) is 4.39 Å². The molecule has 2 aliphatic heterocycles. The predicted molar refractivity (Wildman–Crippen MR) is 177 cm³/mol. The van der Waals surface area contributed by atoms with Crippen LogP contribution in [0.1, 0.15) is 30.5 Å². The number of nitrogens with zero attached hydrogens (tertiary/aromatic N) is 2. The van der Waals surface area contributed by atoms with E-state index in [1.54, 1.807) is 24.4 Å². The molecule has 2 amide bonds. The molecule has 4 aromatic rings. The number of aliphatic hydroxyl groups excluding tert-OH is 1. The molecule has 9 heteroatoms. The van der Waals surface area contributed by atoms with Gasteiger partial charge in [0.1, 0.15) is 0 Å². The summed E-state index contributed by atoms with van der Waals surface area (Å²) in [4.78, 5) is 33.5. The van der Waals surface area contributed by atoms with Gasteiger partial charge in [-0.3, -0.25) is 19.5 Å². The third kappa shape index (κ3) is 5.95. The highest BCUT2D eigenvalue weighted by Crippen LogP contribution is 2.50. The van der Waals surface area contributed by atoms with Gasteiger partial charge < -0.3 is 20.3 Å². The highest BCUT2D eigenvalue weighted by Gasteiger charge is 2.57. The molecule has 3 heterocycles. The summed E-state index contributed by atoms with van der Waals surface area (Å²) in [6.07, 6.45) is 4.54. The number of allylic oxidation sites excluding steroid dienone is 1. The Morgan fingerprint density at radius 3 is 2.45 bits per heavy atom. The number of phenols is 1. The highest BCUT2D eigenvalue weighted by atomic mass is 19.1. The molecular weight excluding hydrogens is 597 g/mol. The molecule has 0 bridgehead atoms. The van der Waals surface area contributed by atoms with Crippen LogP contribution < -0.4 is 10.2 Å². The first kappa shape index (κ1) is 30.5. The van der Waals surface area contributed by atoms with Gasteiger partial charge >= 0.3 is 0 Å². The fourth-order valence-corrected chi connectivity index (χ4v) is 7.18. The van der Waals surface area contributed by atoms with Gasteiger partial charge in [0, 0.05) is 23.5 Å². The van der Waals surface area contributed by atoms with Crippen molar-refractivity contribution < 1.29 is 28.9 Å². The van der Waals surface area contributed by atoms with E-state index in [4.69, 9.17) is 4.74 Å². The fourth-order valence-electron chi connectivity index (χ4n) is 7.18. The van der Waals surface area contributed by atoms with E-state index in [0.29, 0.717) is 30.5 Å². The number of aliphatic hydroxyl groups is 1. The third-order valence-corrected chi connectivity index (χ3v) is 9.37. The van der Waals surface area contributed by atoms with Crippen LogP contribution in [0.5, 0.6) is 5.75 Å². The van der Waals surface area contributed by atoms with Gasteiger partial charge in [0.2, 0.25) is 11.8 Å². The summed E-state index contributed by atoms with van der Waals surface area (Å²) in [5, 5.41) is 23.4. The largest absolute Gasteiger partial charge is 0.505 e. The van der Waals surface area contributed by atoms with E-state index in [1.165, 1.54) is 17.0 Å². The number of nitrogens with one attached hydrogen (secondary N) is 1. The molecule has 3 aromatic carbocycles. The Labute approximate surface area is 271 Å². The molecule has 0 saturated carbocycles. The molecule has 238 valence electrons. The summed E-state index contributed by atoms with van der Waals surface area (Å²) < 4.78 is 20.4. The second kappa shape index (κ2) is 12.9. The van der Waals surface area contributed by atoms with Gasteiger partial charge in [-0.15, -0.1) is 0 Å². The van der Waals surface area contributed by atoms with Crippen molar-refractivity contribution in [2.45, 2.75) is 25.4 Å². The van der Waals surface area contributed by atoms with Crippen molar-refractivity contribution in [2.24, 2.45) is 17.8 Å². The number of aromatic hydroxyl groups is 1. The topological polar surface area (TPSA) is 112 Å². The lowest BCUT2D eigenvalue weighted by Crippen LogP contribution is -2.35. The van der Waals surface area contributed by atoms with E-state index >= 15 is 0 Å². The normalized spacial score (nSPS) is 22.4. The van der Waals surface area contributed by atoms with Crippen molar-refractivity contribution in [2.75, 3.05) is 23.4 Å². The number of rotatable bonds is 9. The van der Waals surface area contributed by atoms with E-state index in [-0.39, 0.29) is 37.0 Å². The van der Waals surface area contributed by atoms with Crippen LogP contribution in [0.3, 0.4) is 0 Å². The molecule has 2 fully saturated rings. The van der Waals surface area contributed by atoms with Crippen molar-refractivity contribution in [3.63, 3.8) is 0 Å². The molecule has 1 aromatic heterocycles.